The third kappa shape index (κ3) is 5.73. The van der Waals surface area contributed by atoms with E-state index in [4.69, 9.17) is 16.3 Å². The van der Waals surface area contributed by atoms with E-state index in [2.05, 4.69) is 16.0 Å². The Labute approximate surface area is 140 Å². The van der Waals surface area contributed by atoms with Gasteiger partial charge in [-0.2, -0.15) is 0 Å². The Hall–Kier alpha value is -1.79. The van der Waals surface area contributed by atoms with Crippen LogP contribution in [0.1, 0.15) is 36.5 Å². The van der Waals surface area contributed by atoms with Crippen molar-refractivity contribution in [1.29, 1.82) is 0 Å². The van der Waals surface area contributed by atoms with Gasteiger partial charge in [0.25, 0.3) is 5.91 Å². The van der Waals surface area contributed by atoms with Crippen LogP contribution in [-0.4, -0.2) is 37.7 Å². The van der Waals surface area contributed by atoms with Crippen molar-refractivity contribution in [2.45, 2.75) is 38.3 Å². The van der Waals surface area contributed by atoms with Crippen molar-refractivity contribution in [2.75, 3.05) is 19.0 Å². The number of anilines is 1. The first-order valence-corrected chi connectivity index (χ1v) is 8.04. The largest absolute Gasteiger partial charge is 0.385 e. The fourth-order valence-electron chi connectivity index (χ4n) is 2.03. The molecule has 0 radical (unpaired) electrons. The van der Waals surface area contributed by atoms with Crippen molar-refractivity contribution >= 4 is 29.2 Å². The zero-order valence-electron chi connectivity index (χ0n) is 13.3. The normalized spacial score (nSPS) is 14.9. The fraction of sp³-hybridized carbons (Fsp3) is 0.500. The Morgan fingerprint density at radius 1 is 1.39 bits per heavy atom. The molecule has 1 aliphatic rings. The highest BCUT2D eigenvalue weighted by atomic mass is 35.5. The zero-order valence-corrected chi connectivity index (χ0v) is 14.1. The second-order valence-corrected chi connectivity index (χ2v) is 6.13. The molecule has 1 fully saturated rings. The van der Waals surface area contributed by atoms with Crippen LogP contribution in [0.3, 0.4) is 0 Å². The van der Waals surface area contributed by atoms with Crippen molar-refractivity contribution in [1.82, 2.24) is 10.6 Å². The molecule has 6 nitrogen and oxygen atoms in total. The summed E-state index contributed by atoms with van der Waals surface area (Å²) in [6.07, 6.45) is 2.76. The van der Waals surface area contributed by atoms with Gasteiger partial charge >= 0.3 is 6.03 Å². The van der Waals surface area contributed by atoms with Gasteiger partial charge in [-0.05, 0) is 44.4 Å². The Morgan fingerprint density at radius 3 is 2.74 bits per heavy atom. The van der Waals surface area contributed by atoms with Crippen LogP contribution >= 0.6 is 11.6 Å². The van der Waals surface area contributed by atoms with Crippen LogP contribution in [0.15, 0.2) is 18.2 Å². The lowest BCUT2D eigenvalue weighted by molar-refractivity contribution is 0.0951. The first-order chi connectivity index (χ1) is 11.0. The minimum absolute atomic E-state index is 0.00554. The van der Waals surface area contributed by atoms with Crippen LogP contribution < -0.4 is 16.0 Å². The minimum atomic E-state index is -0.320. The number of rotatable bonds is 7. The van der Waals surface area contributed by atoms with Crippen LogP contribution in [0, 0.1) is 0 Å². The number of hydrogen-bond acceptors (Lipinski definition) is 3. The second kappa shape index (κ2) is 8.17. The van der Waals surface area contributed by atoms with E-state index in [-0.39, 0.29) is 24.0 Å². The number of ether oxygens (including phenoxy) is 1. The van der Waals surface area contributed by atoms with Gasteiger partial charge in [-0.15, -0.1) is 0 Å². The predicted molar refractivity (Wildman–Crippen MR) is 90.0 cm³/mol. The van der Waals surface area contributed by atoms with E-state index in [1.54, 1.807) is 25.3 Å². The molecule has 1 saturated carbocycles. The summed E-state index contributed by atoms with van der Waals surface area (Å²) in [5.74, 6) is -0.179. The van der Waals surface area contributed by atoms with E-state index in [9.17, 15) is 9.59 Å². The molecule has 1 aromatic rings. The second-order valence-electron chi connectivity index (χ2n) is 5.72. The van der Waals surface area contributed by atoms with Gasteiger partial charge in [-0.3, -0.25) is 4.79 Å². The van der Waals surface area contributed by atoms with Gasteiger partial charge in [0, 0.05) is 31.5 Å². The maximum Gasteiger partial charge on any atom is 0.319 e. The average molecular weight is 340 g/mol. The Balaban J connectivity index is 1.89. The summed E-state index contributed by atoms with van der Waals surface area (Å²) in [4.78, 5) is 23.9. The van der Waals surface area contributed by atoms with E-state index in [0.29, 0.717) is 22.9 Å². The lowest BCUT2D eigenvalue weighted by atomic mass is 10.2. The van der Waals surface area contributed by atoms with Gasteiger partial charge in [0.2, 0.25) is 0 Å². The Kier molecular flexibility index (Phi) is 6.24. The molecule has 1 unspecified atom stereocenters. The third-order valence-electron chi connectivity index (χ3n) is 3.52. The van der Waals surface area contributed by atoms with E-state index >= 15 is 0 Å². The van der Waals surface area contributed by atoms with Gasteiger partial charge in [0.1, 0.15) is 0 Å². The summed E-state index contributed by atoms with van der Waals surface area (Å²) in [5, 5.41) is 8.70. The first-order valence-electron chi connectivity index (χ1n) is 7.66. The number of hydrogen-bond donors (Lipinski definition) is 3. The number of methoxy groups -OCH3 is 1. The van der Waals surface area contributed by atoms with Crippen molar-refractivity contribution in [3.8, 4) is 0 Å². The summed E-state index contributed by atoms with van der Waals surface area (Å²) in [6, 6.07) is 4.80. The van der Waals surface area contributed by atoms with Crippen LogP contribution in [-0.2, 0) is 4.74 Å². The standard InChI is InChI=1S/C16H22ClN3O3/c1-10(7-8-23-2)18-16(22)20-12-5-6-13(14(17)9-12)15(21)19-11-3-4-11/h5-6,9-11H,3-4,7-8H2,1-2H3,(H,19,21)(H2,18,20,22). The SMILES string of the molecule is COCCC(C)NC(=O)Nc1ccc(C(=O)NC2CC2)c(Cl)c1. The van der Waals surface area contributed by atoms with Crippen molar-refractivity contribution < 1.29 is 14.3 Å². The predicted octanol–water partition coefficient (Wildman–Crippen LogP) is 2.78. The molecule has 3 amide bonds. The molecule has 0 spiro atoms. The molecule has 7 heteroatoms. The highest BCUT2D eigenvalue weighted by Gasteiger charge is 2.24. The molecule has 2 rings (SSSR count). The third-order valence-corrected chi connectivity index (χ3v) is 3.83. The molecule has 1 aliphatic carbocycles. The number of carbonyl (C=O) groups is 2. The summed E-state index contributed by atoms with van der Waals surface area (Å²) in [5.41, 5.74) is 0.951. The molecule has 1 atom stereocenters. The van der Waals surface area contributed by atoms with Gasteiger partial charge < -0.3 is 20.7 Å². The lowest BCUT2D eigenvalue weighted by Gasteiger charge is -2.14. The quantitative estimate of drug-likeness (QED) is 0.714. The number of benzene rings is 1. The summed E-state index contributed by atoms with van der Waals surface area (Å²) < 4.78 is 4.97. The molecular weight excluding hydrogens is 318 g/mol. The molecule has 126 valence electrons. The molecule has 1 aromatic carbocycles. The van der Waals surface area contributed by atoms with E-state index in [1.165, 1.54) is 0 Å². The van der Waals surface area contributed by atoms with Gasteiger partial charge in [-0.1, -0.05) is 11.6 Å². The maximum atomic E-state index is 12.0. The van der Waals surface area contributed by atoms with Crippen molar-refractivity contribution in [3.63, 3.8) is 0 Å². The highest BCUT2D eigenvalue weighted by Crippen LogP contribution is 2.24. The van der Waals surface area contributed by atoms with Crippen LogP contribution in [0.4, 0.5) is 10.5 Å². The molecule has 0 heterocycles. The fourth-order valence-corrected chi connectivity index (χ4v) is 2.29. The minimum Gasteiger partial charge on any atom is -0.385 e. The summed E-state index contributed by atoms with van der Waals surface area (Å²) >= 11 is 6.14. The Bertz CT molecular complexity index is 576. The average Bonchev–Trinajstić information content (AvgIpc) is 3.28. The molecule has 0 saturated heterocycles. The number of carbonyl (C=O) groups excluding carboxylic acids is 2. The van der Waals surface area contributed by atoms with E-state index < -0.39 is 0 Å². The van der Waals surface area contributed by atoms with Gasteiger partial charge in [0.15, 0.2) is 0 Å². The first kappa shape index (κ1) is 17.6. The number of amides is 3. The molecule has 23 heavy (non-hydrogen) atoms. The monoisotopic (exact) mass is 339 g/mol. The smallest absolute Gasteiger partial charge is 0.319 e. The highest BCUT2D eigenvalue weighted by molar-refractivity contribution is 6.34. The van der Waals surface area contributed by atoms with E-state index in [0.717, 1.165) is 19.3 Å². The van der Waals surface area contributed by atoms with Crippen LogP contribution in [0.5, 0.6) is 0 Å². The molecular formula is C16H22ClN3O3. The molecule has 0 aromatic heterocycles. The van der Waals surface area contributed by atoms with E-state index in [1.807, 2.05) is 6.92 Å². The summed E-state index contributed by atoms with van der Waals surface area (Å²) in [7, 11) is 1.62. The van der Waals surface area contributed by atoms with Gasteiger partial charge in [0.05, 0.1) is 10.6 Å². The molecule has 0 bridgehead atoms. The molecule has 3 N–H and O–H groups in total. The number of halogens is 1. The van der Waals surface area contributed by atoms with Gasteiger partial charge in [-0.25, -0.2) is 4.79 Å². The van der Waals surface area contributed by atoms with Crippen molar-refractivity contribution in [2.24, 2.45) is 0 Å². The van der Waals surface area contributed by atoms with Crippen molar-refractivity contribution in [3.05, 3.63) is 28.8 Å². The van der Waals surface area contributed by atoms with Crippen LogP contribution in [0.2, 0.25) is 5.02 Å². The molecule has 0 aliphatic heterocycles. The summed E-state index contributed by atoms with van der Waals surface area (Å²) in [6.45, 7) is 2.48. The lowest BCUT2D eigenvalue weighted by Crippen LogP contribution is -2.36. The maximum absolute atomic E-state index is 12.0. The van der Waals surface area contributed by atoms with Crippen LogP contribution in [0.25, 0.3) is 0 Å². The zero-order chi connectivity index (χ0) is 16.8. The Morgan fingerprint density at radius 2 is 2.13 bits per heavy atom. The topological polar surface area (TPSA) is 79.5 Å². The number of nitrogens with one attached hydrogen (secondary N) is 3. The number of urea groups is 1.